The fourth-order valence-corrected chi connectivity index (χ4v) is 16.3. The average Bonchev–Trinajstić information content (AvgIpc) is 4.07. The van der Waals surface area contributed by atoms with E-state index in [0.717, 1.165) is 62.0 Å². The Balaban J connectivity index is 0.869. The average molecular weight is 978 g/mol. The van der Waals surface area contributed by atoms with Gasteiger partial charge in [0.05, 0.1) is 25.1 Å². The minimum Gasteiger partial charge on any atom is -0.454 e. The highest BCUT2D eigenvalue weighted by atomic mass is 32.7. The van der Waals surface area contributed by atoms with E-state index in [2.05, 4.69) is 40.7 Å². The minimum absolute atomic E-state index is 0.0501. The van der Waals surface area contributed by atoms with Crippen molar-refractivity contribution >= 4 is 41.1 Å². The zero-order chi connectivity index (χ0) is 47.6. The van der Waals surface area contributed by atoms with Gasteiger partial charge in [-0.15, -0.1) is 0 Å². The number of nitrogens with zero attached hydrogens (tertiary/aromatic N) is 5. The summed E-state index contributed by atoms with van der Waals surface area (Å²) in [6.45, 7) is 1.54. The molecule has 18 atom stereocenters. The van der Waals surface area contributed by atoms with Crippen LogP contribution < -0.4 is 17.0 Å². The number of nitrogens with one attached hydrogen (secondary N) is 1. The van der Waals surface area contributed by atoms with Crippen LogP contribution in [0.5, 0.6) is 0 Å². The number of aromatic nitrogens is 6. The fraction of sp³-hybridized carbons (Fsp3) is 0.773. The third-order valence-electron chi connectivity index (χ3n) is 16.8. The molecule has 5 heterocycles. The molecule has 2 aliphatic heterocycles. The van der Waals surface area contributed by atoms with E-state index in [1.165, 1.54) is 30.5 Å². The summed E-state index contributed by atoms with van der Waals surface area (Å²) in [6, 6.07) is 1.10. The number of rotatable bonds is 15. The van der Waals surface area contributed by atoms with Gasteiger partial charge in [0.15, 0.2) is 24.0 Å². The van der Waals surface area contributed by atoms with Crippen molar-refractivity contribution in [1.29, 1.82) is 0 Å². The van der Waals surface area contributed by atoms with Gasteiger partial charge in [-0.1, -0.05) is 20.8 Å². The maximum Gasteiger partial charge on any atom is 0.395 e. The molecule has 6 fully saturated rings. The van der Waals surface area contributed by atoms with Crippen LogP contribution >= 0.6 is 18.2 Å². The molecule has 4 saturated carbocycles. The quantitative estimate of drug-likeness (QED) is 0.0720. The summed E-state index contributed by atoms with van der Waals surface area (Å²) < 4.78 is 53.1. The van der Waals surface area contributed by atoms with Crippen molar-refractivity contribution in [2.75, 3.05) is 25.4 Å². The van der Waals surface area contributed by atoms with Crippen LogP contribution in [0.2, 0.25) is 0 Å². The first-order valence-corrected chi connectivity index (χ1v) is 26.6. The second-order valence-electron chi connectivity index (χ2n) is 20.1. The molecular weight excluding hydrogens is 914 g/mol. The van der Waals surface area contributed by atoms with Gasteiger partial charge in [-0.3, -0.25) is 32.8 Å². The SMILES string of the molecule is CO[C@H]1C(OP(=O)(O[C@H]2O[C@@H](n3cnc4c(N)ncnc43)C[C@H]2O)SCOC(=O)CCC(C)C2CCC3C4CCC5CC(O)CCC5(C)C4CC(O)C23C)[C@@H](CO)O[C@H]1n1ccc(=O)[nH]c1=O. The van der Waals surface area contributed by atoms with Gasteiger partial charge in [-0.25, -0.2) is 24.3 Å². The fourth-order valence-electron chi connectivity index (χ4n) is 13.4. The van der Waals surface area contributed by atoms with Crippen LogP contribution in [0.25, 0.3) is 11.2 Å². The van der Waals surface area contributed by atoms with E-state index in [9.17, 15) is 39.4 Å². The summed E-state index contributed by atoms with van der Waals surface area (Å²) in [5.41, 5.74) is 4.98. The van der Waals surface area contributed by atoms with E-state index in [0.29, 0.717) is 52.6 Å². The Kier molecular flexibility index (Phi) is 13.9. The lowest BCUT2D eigenvalue weighted by Gasteiger charge is -2.62. The van der Waals surface area contributed by atoms with Gasteiger partial charge in [0.2, 0.25) is 0 Å². The highest BCUT2D eigenvalue weighted by Gasteiger charge is 2.64. The molecule has 7 N–H and O–H groups in total. The van der Waals surface area contributed by atoms with E-state index in [1.54, 1.807) is 0 Å². The molecule has 0 spiro atoms. The summed E-state index contributed by atoms with van der Waals surface area (Å²) in [5, 5.41) is 44.1. The number of nitrogens with two attached hydrogens (primary N) is 1. The number of carbonyl (C=O) groups excluding carboxylic acids is 1. The molecule has 3 aromatic rings. The third-order valence-corrected chi connectivity index (χ3v) is 20.1. The lowest BCUT2D eigenvalue weighted by molar-refractivity contribution is -0.175. The number of esters is 1. The zero-order valence-corrected chi connectivity index (χ0v) is 39.9. The number of ether oxygens (including phenoxy) is 4. The van der Waals surface area contributed by atoms with Crippen LogP contribution in [0.1, 0.15) is 104 Å². The smallest absolute Gasteiger partial charge is 0.395 e. The normalized spacial score (nSPS) is 39.6. The third kappa shape index (κ3) is 8.95. The van der Waals surface area contributed by atoms with E-state index >= 15 is 0 Å². The van der Waals surface area contributed by atoms with Crippen molar-refractivity contribution in [2.24, 2.45) is 46.3 Å². The van der Waals surface area contributed by atoms with Crippen LogP contribution in [0.15, 0.2) is 34.5 Å². The number of anilines is 1. The van der Waals surface area contributed by atoms with Gasteiger partial charge < -0.3 is 45.1 Å². The number of methoxy groups -OCH3 is 1. The first-order chi connectivity index (χ1) is 32.0. The second-order valence-corrected chi connectivity index (χ2v) is 24.0. The molecule has 12 unspecified atom stereocenters. The Morgan fingerprint density at radius 2 is 1.84 bits per heavy atom. The van der Waals surface area contributed by atoms with Crippen molar-refractivity contribution in [2.45, 2.75) is 147 Å². The minimum atomic E-state index is -4.60. The number of aliphatic hydroxyl groups excluding tert-OH is 4. The van der Waals surface area contributed by atoms with E-state index < -0.39 is 85.8 Å². The molecule has 21 nitrogen and oxygen atoms in total. The zero-order valence-electron chi connectivity index (χ0n) is 38.2. The Bertz CT molecular complexity index is 2440. The van der Waals surface area contributed by atoms with Crippen molar-refractivity contribution in [3.63, 3.8) is 0 Å². The van der Waals surface area contributed by atoms with E-state index in [1.807, 2.05) is 0 Å². The molecule has 23 heteroatoms. The van der Waals surface area contributed by atoms with Gasteiger partial charge >= 0.3 is 18.5 Å². The van der Waals surface area contributed by atoms with Crippen molar-refractivity contribution < 1.29 is 57.8 Å². The maximum atomic E-state index is 15.0. The number of nitrogen functional groups attached to an aromatic ring is 1. The summed E-state index contributed by atoms with van der Waals surface area (Å²) in [4.78, 5) is 52.7. The van der Waals surface area contributed by atoms with Crippen LogP contribution in [0.4, 0.5) is 5.82 Å². The first-order valence-electron chi connectivity index (χ1n) is 23.5. The first kappa shape index (κ1) is 48.7. The molecule has 0 aromatic carbocycles. The predicted molar refractivity (Wildman–Crippen MR) is 241 cm³/mol. The molecule has 9 rings (SSSR count). The molecule has 2 saturated heterocycles. The van der Waals surface area contributed by atoms with Crippen molar-refractivity contribution in [1.82, 2.24) is 29.1 Å². The number of hydrogen-bond acceptors (Lipinski definition) is 19. The Labute approximate surface area is 391 Å². The van der Waals surface area contributed by atoms with Crippen LogP contribution in [-0.2, 0) is 37.4 Å². The topological polar surface area (TPSA) is 295 Å². The Morgan fingerprint density at radius 1 is 1.03 bits per heavy atom. The summed E-state index contributed by atoms with van der Waals surface area (Å²) in [6.07, 6.45) is 2.57. The van der Waals surface area contributed by atoms with E-state index in [4.69, 9.17) is 33.7 Å². The van der Waals surface area contributed by atoms with Crippen LogP contribution in [0.3, 0.4) is 0 Å². The molecule has 0 bridgehead atoms. The number of aromatic amines is 1. The lowest BCUT2D eigenvalue weighted by atomic mass is 9.43. The van der Waals surface area contributed by atoms with Crippen LogP contribution in [0, 0.1) is 46.3 Å². The largest absolute Gasteiger partial charge is 0.454 e. The molecular formula is C44H64N7O14PS. The van der Waals surface area contributed by atoms with Gasteiger partial charge in [0.25, 0.3) is 5.56 Å². The van der Waals surface area contributed by atoms with Crippen LogP contribution in [-0.4, -0.2) is 118 Å². The molecule has 370 valence electrons. The number of carbonyl (C=O) groups is 1. The molecule has 3 aromatic heterocycles. The Morgan fingerprint density at radius 3 is 2.60 bits per heavy atom. The highest BCUT2D eigenvalue weighted by Crippen LogP contribution is 2.69. The number of imidazole rings is 1. The van der Waals surface area contributed by atoms with Gasteiger partial charge in [-0.2, -0.15) is 0 Å². The molecule has 6 aliphatic rings. The second kappa shape index (κ2) is 19.1. The lowest BCUT2D eigenvalue weighted by Crippen LogP contribution is -2.58. The number of hydrogen-bond donors (Lipinski definition) is 6. The summed E-state index contributed by atoms with van der Waals surface area (Å²) >= 11 is 0.515. The van der Waals surface area contributed by atoms with Crippen molar-refractivity contribution in [3.05, 3.63) is 45.8 Å². The summed E-state index contributed by atoms with van der Waals surface area (Å²) in [5.74, 6) is 1.26. The van der Waals surface area contributed by atoms with Gasteiger partial charge in [-0.05, 0) is 104 Å². The van der Waals surface area contributed by atoms with Gasteiger partial charge in [0.1, 0.15) is 48.4 Å². The monoisotopic (exact) mass is 977 g/mol. The van der Waals surface area contributed by atoms with Gasteiger partial charge in [0, 0.05) is 43.6 Å². The maximum absolute atomic E-state index is 15.0. The predicted octanol–water partition coefficient (Wildman–Crippen LogP) is 3.62. The molecule has 4 aliphatic carbocycles. The highest BCUT2D eigenvalue weighted by molar-refractivity contribution is 8.55. The number of aliphatic hydroxyl groups is 4. The molecule has 0 amide bonds. The van der Waals surface area contributed by atoms with E-state index in [-0.39, 0.29) is 47.4 Å². The molecule has 0 radical (unpaired) electrons. The number of H-pyrrole nitrogens is 1. The standard InChI is InChI=1S/C44H64N7O14PS/c1-22(26-8-9-27-25-7-6-23-15-24(53)11-13-43(23,2)28(25)16-31(55)44(26,27)3)5-10-34(57)61-21-67-66(59,64-36-30(18-52)62-40(37(36)60-4)50-14-12-32(56)49-42(50)58)65-41-29(54)17-33(63-41)51-20-48-35-38(45)46-19-47-39(35)51/h12,14,19-20,22-31,33,36-37,40-41,52-55H,5-11,13,15-18,21H2,1-4H3,(H2,45,46,47)(H,49,56,58)/t22?,23?,24?,25?,26?,27?,28?,29-,30-,31?,33-,36?,37+,40-,41-,43?,44?,66?/m1/s1. The number of fused-ring (bicyclic) bond motifs is 6. The Hall–Kier alpha value is -3.28. The summed E-state index contributed by atoms with van der Waals surface area (Å²) in [7, 11) is 1.29. The molecule has 67 heavy (non-hydrogen) atoms. The van der Waals surface area contributed by atoms with Crippen molar-refractivity contribution in [3.8, 4) is 0 Å².